The van der Waals surface area contributed by atoms with E-state index in [2.05, 4.69) is 15.0 Å². The Kier molecular flexibility index (Phi) is 3.35. The highest BCUT2D eigenvalue weighted by Gasteiger charge is 2.41. The summed E-state index contributed by atoms with van der Waals surface area (Å²) in [6, 6.07) is 0. The number of nitrogen functional groups attached to an aromatic ring is 1. The molecule has 0 aromatic carbocycles. The van der Waals surface area contributed by atoms with Gasteiger partial charge in [-0.15, -0.1) is 0 Å². The average molecular weight is 280 g/mol. The van der Waals surface area contributed by atoms with Gasteiger partial charge in [0.2, 0.25) is 0 Å². The van der Waals surface area contributed by atoms with Crippen LogP contribution in [0.4, 0.5) is 10.8 Å². The van der Waals surface area contributed by atoms with Crippen LogP contribution in [-0.4, -0.2) is 23.9 Å². The van der Waals surface area contributed by atoms with Gasteiger partial charge in [0.25, 0.3) is 5.91 Å². The third kappa shape index (κ3) is 2.68. The number of anilines is 2. The second-order valence-electron chi connectivity index (χ2n) is 5.57. The minimum absolute atomic E-state index is 0.164. The highest BCUT2D eigenvalue weighted by Crippen LogP contribution is 2.49. The van der Waals surface area contributed by atoms with Crippen LogP contribution in [0.15, 0.2) is 0 Å². The summed E-state index contributed by atoms with van der Waals surface area (Å²) in [6.45, 7) is 0.945. The van der Waals surface area contributed by atoms with Gasteiger partial charge in [-0.1, -0.05) is 0 Å². The van der Waals surface area contributed by atoms with Crippen molar-refractivity contribution in [1.82, 2.24) is 9.69 Å². The first-order valence-electron chi connectivity index (χ1n) is 6.91. The Morgan fingerprint density at radius 2 is 2.05 bits per heavy atom. The van der Waals surface area contributed by atoms with Crippen molar-refractivity contribution >= 4 is 28.3 Å². The van der Waals surface area contributed by atoms with Crippen LogP contribution in [-0.2, 0) is 0 Å². The number of amides is 1. The van der Waals surface area contributed by atoms with Gasteiger partial charge in [-0.25, -0.2) is 0 Å². The average Bonchev–Trinajstić information content (AvgIpc) is 3.29. The molecule has 0 unspecified atom stereocenters. The Morgan fingerprint density at radius 3 is 2.58 bits per heavy atom. The summed E-state index contributed by atoms with van der Waals surface area (Å²) in [4.78, 5) is 11.8. The number of hydrogen-bond acceptors (Lipinski definition) is 5. The number of nitrogens with zero attached hydrogens (tertiary/aromatic N) is 1. The molecular formula is C13H20N4OS. The lowest BCUT2D eigenvalue weighted by Crippen LogP contribution is -2.22. The second kappa shape index (κ2) is 5.00. The van der Waals surface area contributed by atoms with Crippen LogP contribution in [0.3, 0.4) is 0 Å². The van der Waals surface area contributed by atoms with Crippen molar-refractivity contribution in [1.29, 1.82) is 0 Å². The maximum absolute atomic E-state index is 11.8. The Balaban J connectivity index is 1.67. The quantitative estimate of drug-likeness (QED) is 0.744. The van der Waals surface area contributed by atoms with Crippen LogP contribution in [0.2, 0.25) is 0 Å². The summed E-state index contributed by atoms with van der Waals surface area (Å²) in [5, 5.41) is 6.83. The number of rotatable bonds is 6. The number of carbonyl (C=O) groups is 1. The Bertz CT molecular complexity index is 467. The van der Waals surface area contributed by atoms with Gasteiger partial charge in [0.15, 0.2) is 5.82 Å². The molecule has 2 aliphatic carbocycles. The molecule has 5 nitrogen and oxygen atoms in total. The van der Waals surface area contributed by atoms with Crippen molar-refractivity contribution < 1.29 is 4.79 Å². The lowest BCUT2D eigenvalue weighted by atomic mass is 9.98. The molecule has 2 saturated carbocycles. The molecule has 0 spiro atoms. The number of nitrogens with two attached hydrogens (primary N) is 1. The van der Waals surface area contributed by atoms with Gasteiger partial charge >= 0.3 is 0 Å². The molecular weight excluding hydrogens is 260 g/mol. The van der Waals surface area contributed by atoms with E-state index in [9.17, 15) is 4.79 Å². The predicted octanol–water partition coefficient (Wildman–Crippen LogP) is 1.93. The summed E-state index contributed by atoms with van der Waals surface area (Å²) >= 11 is 1.28. The van der Waals surface area contributed by atoms with Gasteiger partial charge in [-0.05, 0) is 55.0 Å². The van der Waals surface area contributed by atoms with E-state index >= 15 is 0 Å². The molecule has 19 heavy (non-hydrogen) atoms. The first kappa shape index (κ1) is 12.7. The van der Waals surface area contributed by atoms with Crippen molar-refractivity contribution in [3.8, 4) is 0 Å². The fourth-order valence-corrected chi connectivity index (χ4v) is 3.46. The van der Waals surface area contributed by atoms with E-state index in [0.717, 1.165) is 29.3 Å². The van der Waals surface area contributed by atoms with Crippen LogP contribution in [0.5, 0.6) is 0 Å². The normalized spacial score (nSPS) is 18.6. The summed E-state index contributed by atoms with van der Waals surface area (Å²) < 4.78 is 4.08. The Morgan fingerprint density at radius 1 is 1.42 bits per heavy atom. The van der Waals surface area contributed by atoms with Crippen molar-refractivity contribution in [2.75, 3.05) is 24.6 Å². The van der Waals surface area contributed by atoms with Gasteiger partial charge in [0.1, 0.15) is 10.6 Å². The topological polar surface area (TPSA) is 80.0 Å². The monoisotopic (exact) mass is 280 g/mol. The number of aromatic nitrogens is 1. The van der Waals surface area contributed by atoms with Crippen molar-refractivity contribution in [2.24, 2.45) is 17.8 Å². The summed E-state index contributed by atoms with van der Waals surface area (Å²) in [6.07, 6.45) is 5.48. The summed E-state index contributed by atoms with van der Waals surface area (Å²) in [7, 11) is 1.61. The van der Waals surface area contributed by atoms with Crippen LogP contribution in [0.1, 0.15) is 36.0 Å². The Hall–Kier alpha value is -1.30. The third-order valence-electron chi connectivity index (χ3n) is 4.13. The molecule has 104 valence electrons. The molecule has 2 aliphatic rings. The molecule has 1 aromatic rings. The third-order valence-corrected chi connectivity index (χ3v) is 4.94. The molecule has 0 atom stereocenters. The standard InChI is InChI=1S/C13H20N4OS/c1-15-12(18)10-11(14)17-19-13(10)16-6-9(7-2-3-7)8-4-5-8/h7-9,16H,2-6H2,1H3,(H2,14,17)(H,15,18). The van der Waals surface area contributed by atoms with E-state index in [1.807, 2.05) is 0 Å². The zero-order chi connectivity index (χ0) is 13.4. The van der Waals surface area contributed by atoms with E-state index in [-0.39, 0.29) is 5.91 Å². The van der Waals surface area contributed by atoms with Gasteiger partial charge in [0.05, 0.1) is 0 Å². The maximum atomic E-state index is 11.8. The Labute approximate surface area is 117 Å². The SMILES string of the molecule is CNC(=O)c1c(N)nsc1NCC(C1CC1)C1CC1. The largest absolute Gasteiger partial charge is 0.382 e. The van der Waals surface area contributed by atoms with Crippen molar-refractivity contribution in [3.63, 3.8) is 0 Å². The molecule has 4 N–H and O–H groups in total. The van der Waals surface area contributed by atoms with Gasteiger partial charge in [-0.2, -0.15) is 4.37 Å². The van der Waals surface area contributed by atoms with Gasteiger partial charge in [-0.3, -0.25) is 4.79 Å². The summed E-state index contributed by atoms with van der Waals surface area (Å²) in [5.41, 5.74) is 6.27. The molecule has 3 rings (SSSR count). The lowest BCUT2D eigenvalue weighted by Gasteiger charge is -2.16. The summed E-state index contributed by atoms with van der Waals surface area (Å²) in [5.74, 6) is 2.72. The second-order valence-corrected chi connectivity index (χ2v) is 6.34. The van der Waals surface area contributed by atoms with E-state index in [1.54, 1.807) is 7.05 Å². The number of carbonyl (C=O) groups excluding carboxylic acids is 1. The van der Waals surface area contributed by atoms with E-state index in [1.165, 1.54) is 37.2 Å². The number of nitrogens with one attached hydrogen (secondary N) is 2. The zero-order valence-corrected chi connectivity index (χ0v) is 11.9. The molecule has 0 bridgehead atoms. The van der Waals surface area contributed by atoms with Crippen molar-refractivity contribution in [2.45, 2.75) is 25.7 Å². The molecule has 1 aromatic heterocycles. The zero-order valence-electron chi connectivity index (χ0n) is 11.1. The molecule has 6 heteroatoms. The smallest absolute Gasteiger partial charge is 0.257 e. The first-order chi connectivity index (χ1) is 9.20. The first-order valence-corrected chi connectivity index (χ1v) is 7.69. The van der Waals surface area contributed by atoms with E-state index in [4.69, 9.17) is 5.73 Å². The minimum atomic E-state index is -0.164. The highest BCUT2D eigenvalue weighted by atomic mass is 32.1. The van der Waals surface area contributed by atoms with E-state index < -0.39 is 0 Å². The van der Waals surface area contributed by atoms with Gasteiger partial charge < -0.3 is 16.4 Å². The number of hydrogen-bond donors (Lipinski definition) is 3. The molecule has 1 heterocycles. The predicted molar refractivity (Wildman–Crippen MR) is 77.3 cm³/mol. The van der Waals surface area contributed by atoms with E-state index in [0.29, 0.717) is 11.4 Å². The van der Waals surface area contributed by atoms with Crippen LogP contribution < -0.4 is 16.4 Å². The molecule has 0 aliphatic heterocycles. The fourth-order valence-electron chi connectivity index (χ4n) is 2.75. The molecule has 0 saturated heterocycles. The van der Waals surface area contributed by atoms with Crippen LogP contribution >= 0.6 is 11.5 Å². The fraction of sp³-hybridized carbons (Fsp3) is 0.692. The van der Waals surface area contributed by atoms with Gasteiger partial charge in [0, 0.05) is 13.6 Å². The lowest BCUT2D eigenvalue weighted by molar-refractivity contribution is 0.0965. The van der Waals surface area contributed by atoms with Crippen LogP contribution in [0.25, 0.3) is 0 Å². The minimum Gasteiger partial charge on any atom is -0.382 e. The molecule has 0 radical (unpaired) electrons. The van der Waals surface area contributed by atoms with Crippen LogP contribution in [0, 0.1) is 17.8 Å². The maximum Gasteiger partial charge on any atom is 0.257 e. The molecule has 1 amide bonds. The van der Waals surface area contributed by atoms with Crippen molar-refractivity contribution in [3.05, 3.63) is 5.56 Å². The highest BCUT2D eigenvalue weighted by molar-refractivity contribution is 7.11. The molecule has 2 fully saturated rings.